The maximum atomic E-state index is 12.8. The zero-order valence-corrected chi connectivity index (χ0v) is 15.3. The molecule has 140 valence electrons. The van der Waals surface area contributed by atoms with E-state index >= 15 is 0 Å². The Balaban J connectivity index is 1.87. The van der Waals surface area contributed by atoms with Gasteiger partial charge in [-0.25, -0.2) is 0 Å². The number of aromatic nitrogens is 1. The molecule has 1 saturated heterocycles. The third-order valence-corrected chi connectivity index (χ3v) is 4.75. The van der Waals surface area contributed by atoms with Crippen LogP contribution in [0, 0.1) is 0 Å². The van der Waals surface area contributed by atoms with E-state index in [1.54, 1.807) is 54.7 Å². The van der Waals surface area contributed by atoms with Crippen LogP contribution in [0.5, 0.6) is 0 Å². The van der Waals surface area contributed by atoms with Crippen LogP contribution in [0.15, 0.2) is 77.0 Å². The highest BCUT2D eigenvalue weighted by atomic mass is 35.5. The highest BCUT2D eigenvalue weighted by molar-refractivity contribution is 6.46. The van der Waals surface area contributed by atoms with Gasteiger partial charge in [-0.1, -0.05) is 29.8 Å². The van der Waals surface area contributed by atoms with Crippen molar-refractivity contribution in [1.82, 2.24) is 9.88 Å². The minimum absolute atomic E-state index is 0.0301. The zero-order valence-electron chi connectivity index (χ0n) is 14.6. The van der Waals surface area contributed by atoms with Crippen LogP contribution in [0.3, 0.4) is 0 Å². The lowest BCUT2D eigenvalue weighted by Gasteiger charge is -2.23. The summed E-state index contributed by atoms with van der Waals surface area (Å²) in [6, 6.07) is 14.2. The van der Waals surface area contributed by atoms with Gasteiger partial charge < -0.3 is 14.4 Å². The Morgan fingerprint density at radius 2 is 2.00 bits per heavy atom. The minimum atomic E-state index is -0.842. The molecule has 0 saturated carbocycles. The lowest BCUT2D eigenvalue weighted by atomic mass is 9.98. The van der Waals surface area contributed by atoms with Gasteiger partial charge in [-0.2, -0.15) is 0 Å². The summed E-state index contributed by atoms with van der Waals surface area (Å²) in [6.07, 6.45) is 3.06. The summed E-state index contributed by atoms with van der Waals surface area (Å²) in [5.41, 5.74) is 0.791. The summed E-state index contributed by atoms with van der Waals surface area (Å²) in [6.45, 7) is 0.0745. The molecule has 0 radical (unpaired) electrons. The number of amides is 1. The molecule has 1 unspecified atom stereocenters. The van der Waals surface area contributed by atoms with Crippen molar-refractivity contribution >= 4 is 29.1 Å². The molecule has 0 aliphatic carbocycles. The largest absolute Gasteiger partial charge is 0.507 e. The second-order valence-electron chi connectivity index (χ2n) is 6.27. The number of likely N-dealkylation sites (tertiary alicyclic amines) is 1. The van der Waals surface area contributed by atoms with E-state index in [1.165, 1.54) is 17.2 Å². The van der Waals surface area contributed by atoms with Crippen molar-refractivity contribution in [3.8, 4) is 0 Å². The fourth-order valence-corrected chi connectivity index (χ4v) is 3.44. The van der Waals surface area contributed by atoms with Crippen LogP contribution in [0.2, 0.25) is 5.02 Å². The molecule has 0 spiro atoms. The van der Waals surface area contributed by atoms with Gasteiger partial charge in [0.2, 0.25) is 0 Å². The van der Waals surface area contributed by atoms with Crippen LogP contribution >= 0.6 is 11.6 Å². The zero-order chi connectivity index (χ0) is 19.7. The Kier molecular flexibility index (Phi) is 4.71. The van der Waals surface area contributed by atoms with Gasteiger partial charge in [-0.3, -0.25) is 14.6 Å². The lowest BCUT2D eigenvalue weighted by molar-refractivity contribution is -0.140. The SMILES string of the molecule is O=C1C(=O)N(Cc2ccco2)C(c2ccccn2)/C1=C(/O)c1cccc(Cl)c1. The summed E-state index contributed by atoms with van der Waals surface area (Å²) in [4.78, 5) is 31.2. The van der Waals surface area contributed by atoms with E-state index in [-0.39, 0.29) is 17.9 Å². The van der Waals surface area contributed by atoms with Crippen LogP contribution in [-0.2, 0) is 16.1 Å². The van der Waals surface area contributed by atoms with Crippen LogP contribution < -0.4 is 0 Å². The lowest BCUT2D eigenvalue weighted by Crippen LogP contribution is -2.29. The maximum absolute atomic E-state index is 12.8. The third kappa shape index (κ3) is 3.18. The number of Topliss-reactive ketones (excluding diaryl/α,β-unsaturated/α-hetero) is 1. The van der Waals surface area contributed by atoms with Crippen molar-refractivity contribution in [2.45, 2.75) is 12.6 Å². The van der Waals surface area contributed by atoms with Crippen LogP contribution in [0.1, 0.15) is 23.1 Å². The van der Waals surface area contributed by atoms with E-state index in [9.17, 15) is 14.7 Å². The van der Waals surface area contributed by atoms with Gasteiger partial charge >= 0.3 is 0 Å². The molecule has 28 heavy (non-hydrogen) atoms. The fourth-order valence-electron chi connectivity index (χ4n) is 3.25. The van der Waals surface area contributed by atoms with Gasteiger partial charge in [-0.05, 0) is 36.4 Å². The van der Waals surface area contributed by atoms with E-state index in [2.05, 4.69) is 4.98 Å². The molecule has 3 aromatic rings. The predicted molar refractivity (Wildman–Crippen MR) is 102 cm³/mol. The van der Waals surface area contributed by atoms with Gasteiger partial charge in [0.05, 0.1) is 24.1 Å². The topological polar surface area (TPSA) is 83.6 Å². The Morgan fingerprint density at radius 1 is 1.14 bits per heavy atom. The van der Waals surface area contributed by atoms with E-state index < -0.39 is 17.7 Å². The number of benzene rings is 1. The van der Waals surface area contributed by atoms with Crippen molar-refractivity contribution in [2.24, 2.45) is 0 Å². The number of aliphatic hydroxyl groups is 1. The van der Waals surface area contributed by atoms with E-state index in [1.807, 2.05) is 0 Å². The summed E-state index contributed by atoms with van der Waals surface area (Å²) >= 11 is 6.02. The molecule has 1 aliphatic rings. The molecule has 1 N–H and O–H groups in total. The van der Waals surface area contributed by atoms with Crippen molar-refractivity contribution in [2.75, 3.05) is 0 Å². The van der Waals surface area contributed by atoms with Crippen molar-refractivity contribution < 1.29 is 19.1 Å². The quantitative estimate of drug-likeness (QED) is 0.411. The Bertz CT molecular complexity index is 1060. The van der Waals surface area contributed by atoms with E-state index in [0.717, 1.165) is 0 Å². The van der Waals surface area contributed by atoms with E-state index in [4.69, 9.17) is 16.0 Å². The van der Waals surface area contributed by atoms with Gasteiger partial charge in [0.25, 0.3) is 11.7 Å². The predicted octanol–water partition coefficient (Wildman–Crippen LogP) is 3.95. The Hall–Kier alpha value is -3.38. The molecule has 4 rings (SSSR count). The number of carbonyl (C=O) groups excluding carboxylic acids is 2. The van der Waals surface area contributed by atoms with Crippen LogP contribution in [0.4, 0.5) is 0 Å². The van der Waals surface area contributed by atoms with Gasteiger partial charge in [0, 0.05) is 16.8 Å². The number of hydrogen-bond acceptors (Lipinski definition) is 5. The number of rotatable bonds is 4. The average Bonchev–Trinajstić information content (AvgIpc) is 3.30. The molecule has 7 heteroatoms. The summed E-state index contributed by atoms with van der Waals surface area (Å²) in [5.74, 6) is -1.28. The number of nitrogens with zero attached hydrogens (tertiary/aromatic N) is 2. The highest BCUT2D eigenvalue weighted by Crippen LogP contribution is 2.39. The molecule has 1 aliphatic heterocycles. The number of pyridine rings is 1. The van der Waals surface area contributed by atoms with Gasteiger partial charge in [0.15, 0.2) is 0 Å². The number of aliphatic hydroxyl groups excluding tert-OH is 1. The van der Waals surface area contributed by atoms with Crippen molar-refractivity contribution in [1.29, 1.82) is 0 Å². The fraction of sp³-hybridized carbons (Fsp3) is 0.0952. The monoisotopic (exact) mass is 394 g/mol. The first kappa shape index (κ1) is 18.0. The highest BCUT2D eigenvalue weighted by Gasteiger charge is 2.47. The van der Waals surface area contributed by atoms with Gasteiger partial charge in [0.1, 0.15) is 17.6 Å². The maximum Gasteiger partial charge on any atom is 0.296 e. The summed E-state index contributed by atoms with van der Waals surface area (Å²) in [7, 11) is 0. The molecule has 1 fully saturated rings. The van der Waals surface area contributed by atoms with Crippen molar-refractivity contribution in [3.05, 3.63) is 94.7 Å². The number of furan rings is 1. The molecular formula is C21H15ClN2O4. The number of hydrogen-bond donors (Lipinski definition) is 1. The molecule has 1 atom stereocenters. The first-order chi connectivity index (χ1) is 13.6. The molecule has 1 aromatic carbocycles. The number of halogens is 1. The van der Waals surface area contributed by atoms with Crippen LogP contribution in [-0.4, -0.2) is 26.7 Å². The Morgan fingerprint density at radius 3 is 2.68 bits per heavy atom. The first-order valence-electron chi connectivity index (χ1n) is 8.54. The van der Waals surface area contributed by atoms with E-state index in [0.29, 0.717) is 22.0 Å². The standard InChI is InChI=1S/C21H15ClN2O4/c22-14-6-3-5-13(11-14)19(25)17-18(16-8-1-2-9-23-16)24(21(27)20(17)26)12-15-7-4-10-28-15/h1-11,18,25H,12H2/b19-17-. The minimum Gasteiger partial charge on any atom is -0.507 e. The smallest absolute Gasteiger partial charge is 0.296 e. The molecular weight excluding hydrogens is 380 g/mol. The second kappa shape index (κ2) is 7.32. The number of carbonyl (C=O) groups is 2. The van der Waals surface area contributed by atoms with Crippen molar-refractivity contribution in [3.63, 3.8) is 0 Å². The third-order valence-electron chi connectivity index (χ3n) is 4.51. The summed E-state index contributed by atoms with van der Waals surface area (Å²) in [5, 5.41) is 11.3. The molecule has 6 nitrogen and oxygen atoms in total. The Labute approximate surface area is 165 Å². The van der Waals surface area contributed by atoms with Crippen LogP contribution in [0.25, 0.3) is 5.76 Å². The second-order valence-corrected chi connectivity index (χ2v) is 6.71. The molecule has 0 bridgehead atoms. The van der Waals surface area contributed by atoms with Gasteiger partial charge in [-0.15, -0.1) is 0 Å². The number of ketones is 1. The molecule has 3 heterocycles. The average molecular weight is 395 g/mol. The first-order valence-corrected chi connectivity index (χ1v) is 8.91. The summed E-state index contributed by atoms with van der Waals surface area (Å²) < 4.78 is 5.34. The normalized spacial score (nSPS) is 18.6. The molecule has 1 amide bonds. The molecule has 2 aromatic heterocycles.